The van der Waals surface area contributed by atoms with Crippen LogP contribution in [0.15, 0.2) is 0 Å². The molecular formula is C27H36Co2O9. The Morgan fingerprint density at radius 2 is 0.947 bits per heavy atom. The van der Waals surface area contributed by atoms with E-state index >= 15 is 0 Å². The summed E-state index contributed by atoms with van der Waals surface area (Å²) in [7, 11) is 0. The van der Waals surface area contributed by atoms with Crippen LogP contribution in [0.2, 0.25) is 0 Å². The van der Waals surface area contributed by atoms with E-state index in [0.29, 0.717) is 11.8 Å². The number of aliphatic hydroxyl groups excluding tert-OH is 1. The summed E-state index contributed by atoms with van der Waals surface area (Å²) in [5.74, 6) is 7.47. The van der Waals surface area contributed by atoms with Crippen LogP contribution in [0.1, 0.15) is 91.9 Å². The van der Waals surface area contributed by atoms with Gasteiger partial charge in [-0.2, -0.15) is 0 Å². The van der Waals surface area contributed by atoms with Crippen molar-refractivity contribution in [2.75, 3.05) is 0 Å². The third-order valence-corrected chi connectivity index (χ3v) is 3.85. The van der Waals surface area contributed by atoms with Crippen molar-refractivity contribution in [1.82, 2.24) is 0 Å². The second-order valence-corrected chi connectivity index (χ2v) is 6.41. The molecule has 0 saturated carbocycles. The normalized spacial score (nSPS) is 8.45. The molecule has 0 aliphatic rings. The zero-order valence-corrected chi connectivity index (χ0v) is 24.3. The number of unbranched alkanes of at least 4 members (excludes halogenated alkanes) is 5. The molecule has 0 unspecified atom stereocenters. The van der Waals surface area contributed by atoms with E-state index < -0.39 is 0 Å². The van der Waals surface area contributed by atoms with Crippen LogP contribution in [0, 0.1) is 76.9 Å². The van der Waals surface area contributed by atoms with Crippen molar-refractivity contribution >= 4 is 0 Å². The van der Waals surface area contributed by atoms with Gasteiger partial charge in [0.2, 0.25) is 0 Å². The van der Waals surface area contributed by atoms with E-state index in [1.807, 2.05) is 0 Å². The zero-order chi connectivity index (χ0) is 31.2. The van der Waals surface area contributed by atoms with Gasteiger partial charge in [0.15, 0.2) is 0 Å². The van der Waals surface area contributed by atoms with Crippen LogP contribution >= 0.6 is 0 Å². The minimum Gasteiger partial charge on any atom is 0 e. The van der Waals surface area contributed by atoms with Crippen molar-refractivity contribution < 1.29 is 75.9 Å². The Hall–Kier alpha value is -1.55. The predicted octanol–water partition coefficient (Wildman–Crippen LogP) is 5.26. The molecule has 0 aliphatic carbocycles. The van der Waals surface area contributed by atoms with Crippen molar-refractivity contribution in [3.05, 3.63) is 53.2 Å². The van der Waals surface area contributed by atoms with Crippen LogP contribution in [0.3, 0.4) is 0 Å². The topological polar surface area (TPSA) is 179 Å². The standard InChI is InChI=1S/C19H36O.8CO.2Co/c1-5-7-9-11-13-17(3)15-19(20)16-18(4)14-12-10-8-6-2;8*1-2;;/h17-20H,5-11,13,15-16H2,1-4H3;;;;;;;;;;/t17-,18+,19+;;;;;;;;;;/m0........../s1. The third-order valence-electron chi connectivity index (χ3n) is 3.85. The quantitative estimate of drug-likeness (QED) is 0.141. The van der Waals surface area contributed by atoms with E-state index in [4.69, 9.17) is 37.2 Å². The number of hydrogen-bond donors (Lipinski definition) is 1. The molecule has 0 amide bonds. The summed E-state index contributed by atoms with van der Waals surface area (Å²) >= 11 is 0. The van der Waals surface area contributed by atoms with Gasteiger partial charge in [-0.3, -0.25) is 0 Å². The van der Waals surface area contributed by atoms with Crippen molar-refractivity contribution in [1.29, 1.82) is 0 Å². The average molecular weight is 622 g/mol. The summed E-state index contributed by atoms with van der Waals surface area (Å²) in [4.78, 5) is 0. The van der Waals surface area contributed by atoms with Crippen LogP contribution < -0.4 is 0 Å². The largest absolute Gasteiger partial charge is 0 e. The van der Waals surface area contributed by atoms with Crippen molar-refractivity contribution in [3.63, 3.8) is 0 Å². The first-order valence-electron chi connectivity index (χ1n) is 10.4. The average Bonchev–Trinajstić information content (AvgIpc) is 2.98. The van der Waals surface area contributed by atoms with Gasteiger partial charge in [0.1, 0.15) is 0 Å². The molecule has 38 heavy (non-hydrogen) atoms. The Morgan fingerprint density at radius 3 is 1.29 bits per heavy atom. The summed E-state index contributed by atoms with van der Waals surface area (Å²) in [5, 5.41) is 10.1. The van der Waals surface area contributed by atoms with Gasteiger partial charge in [-0.25, -0.2) is 0 Å². The molecule has 1 N–H and O–H groups in total. The van der Waals surface area contributed by atoms with E-state index in [1.54, 1.807) is 0 Å². The maximum atomic E-state index is 10.1. The molecular weight excluding hydrogens is 586 g/mol. The Kier molecular flexibility index (Phi) is 207. The van der Waals surface area contributed by atoms with E-state index in [-0.39, 0.29) is 39.7 Å². The predicted molar refractivity (Wildman–Crippen MR) is 121 cm³/mol. The monoisotopic (exact) mass is 622 g/mol. The van der Waals surface area contributed by atoms with Gasteiger partial charge in [0.25, 0.3) is 0 Å². The van der Waals surface area contributed by atoms with E-state index in [9.17, 15) is 5.11 Å². The molecule has 9 nitrogen and oxygen atoms in total. The summed E-state index contributed by atoms with van der Waals surface area (Å²) in [6.07, 6.45) is 11.6. The zero-order valence-electron chi connectivity index (χ0n) is 22.2. The fourth-order valence-corrected chi connectivity index (χ4v) is 2.58. The van der Waals surface area contributed by atoms with Crippen molar-refractivity contribution in [3.8, 4) is 11.8 Å². The second-order valence-electron chi connectivity index (χ2n) is 6.41. The minimum atomic E-state index is -0.174. The first-order chi connectivity index (χ1) is 17.6. The fraction of sp³-hybridized carbons (Fsp3) is 0.630. The minimum absolute atomic E-state index is 0. The molecule has 0 heterocycles. The summed E-state index contributed by atoms with van der Waals surface area (Å²) in [5.41, 5.74) is 0. The molecule has 2 radical (unpaired) electrons. The summed E-state index contributed by atoms with van der Waals surface area (Å²) < 4.78 is 60.0. The molecule has 0 aromatic heterocycles. The van der Waals surface area contributed by atoms with E-state index in [0.717, 1.165) is 19.3 Å². The van der Waals surface area contributed by atoms with Gasteiger partial charge in [0, 0.05) is 45.9 Å². The van der Waals surface area contributed by atoms with Gasteiger partial charge in [-0.05, 0) is 25.2 Å². The molecule has 0 aliphatic heterocycles. The van der Waals surface area contributed by atoms with Crippen LogP contribution in [-0.4, -0.2) is 11.2 Å². The van der Waals surface area contributed by atoms with Crippen molar-refractivity contribution in [2.45, 2.75) is 98.0 Å². The Morgan fingerprint density at radius 1 is 0.579 bits per heavy atom. The smallest absolute Gasteiger partial charge is 0 e. The summed E-state index contributed by atoms with van der Waals surface area (Å²) in [6.45, 7) is 44.8. The number of hydrogen-bond acceptors (Lipinski definition) is 1. The Labute approximate surface area is 250 Å². The molecule has 0 spiro atoms. The molecule has 0 bridgehead atoms. The third kappa shape index (κ3) is 113. The first-order valence-corrected chi connectivity index (χ1v) is 10.4. The van der Waals surface area contributed by atoms with Crippen molar-refractivity contribution in [2.24, 2.45) is 11.8 Å². The molecule has 0 rings (SSSR count). The fourth-order valence-electron chi connectivity index (χ4n) is 2.58. The first kappa shape index (κ1) is 70.7. The molecule has 3 atom stereocenters. The van der Waals surface area contributed by atoms with Gasteiger partial charge < -0.3 is 5.11 Å². The van der Waals surface area contributed by atoms with Gasteiger partial charge in [-0.15, -0.1) is 11.8 Å². The number of rotatable bonds is 11. The molecule has 0 fully saturated rings. The summed E-state index contributed by atoms with van der Waals surface area (Å²) in [6, 6.07) is 0. The van der Waals surface area contributed by atoms with E-state index in [2.05, 4.69) is 92.7 Å². The van der Waals surface area contributed by atoms with Gasteiger partial charge in [0.05, 0.1) is 6.10 Å². The molecule has 11 heteroatoms. The van der Waals surface area contributed by atoms with Crippen LogP contribution in [0.5, 0.6) is 0 Å². The van der Waals surface area contributed by atoms with Crippen LogP contribution in [0.4, 0.5) is 0 Å². The Bertz CT molecular complexity index is 509. The maximum absolute atomic E-state index is 10.1. The van der Waals surface area contributed by atoms with Crippen LogP contribution in [-0.2, 0) is 70.8 Å². The second kappa shape index (κ2) is 111. The van der Waals surface area contributed by atoms with Gasteiger partial charge in [-0.1, -0.05) is 66.2 Å². The number of aliphatic hydroxyl groups is 1. The SMILES string of the molecule is CCCCC#C[C@@H](C)C[C@H](O)C[C@@H](C)CCCCCC.[C-]#[O+].[C-]#[O+].[C-]#[O+].[C-]#[O+].[C-]#[O+].[C-]#[O+].[C-]#[O+].[C-]#[O+].[Co].[Co]. The molecule has 0 aromatic rings. The van der Waals surface area contributed by atoms with E-state index in [1.165, 1.54) is 44.9 Å². The van der Waals surface area contributed by atoms with Gasteiger partial charge >= 0.3 is 90.4 Å². The molecule has 0 aromatic carbocycles. The maximum Gasteiger partial charge on any atom is 0 e. The Balaban J connectivity index is -0.0000000383. The molecule has 0 saturated heterocycles. The molecule has 216 valence electrons. The van der Waals surface area contributed by atoms with Crippen LogP contribution in [0.25, 0.3) is 0 Å².